The summed E-state index contributed by atoms with van der Waals surface area (Å²) in [4.78, 5) is 37.3. The molecule has 5 aromatic rings. The molecule has 43 heavy (non-hydrogen) atoms. The van der Waals surface area contributed by atoms with Crippen LogP contribution in [0.2, 0.25) is 0 Å². The molecule has 0 spiro atoms. The third-order valence-corrected chi connectivity index (χ3v) is 7.92. The maximum atomic E-state index is 14.0. The van der Waals surface area contributed by atoms with Crippen molar-refractivity contribution in [3.63, 3.8) is 0 Å². The van der Waals surface area contributed by atoms with E-state index in [4.69, 9.17) is 14.2 Å². The number of aryl methyl sites for hydroxylation is 1. The van der Waals surface area contributed by atoms with Gasteiger partial charge in [0.1, 0.15) is 23.2 Å². The third-order valence-electron chi connectivity index (χ3n) is 7.92. The first-order valence-corrected chi connectivity index (χ1v) is 13.6. The molecule has 1 N–H and O–H groups in total. The Morgan fingerprint density at radius 3 is 2.42 bits per heavy atom. The highest BCUT2D eigenvalue weighted by Gasteiger charge is 2.47. The Morgan fingerprint density at radius 2 is 1.77 bits per heavy atom. The van der Waals surface area contributed by atoms with E-state index in [0.29, 0.717) is 39.0 Å². The van der Waals surface area contributed by atoms with Crippen LogP contribution in [-0.4, -0.2) is 39.4 Å². The zero-order chi connectivity index (χ0) is 30.6. The number of aromatic nitrogens is 1. The number of carbonyl (C=O) groups is 1. The summed E-state index contributed by atoms with van der Waals surface area (Å²) in [5.74, 6) is -0.134. The number of esters is 1. The third kappa shape index (κ3) is 4.65. The highest BCUT2D eigenvalue weighted by Crippen LogP contribution is 2.47. The standard InChI is InChI=1S/C33H28N2O8/c1-33(2)32(42-26(36)14-11-18-9-12-21(13-10-18)35(39)40)31(38)28-25(43-33)17-24(41-4)27-29(28)34(3)23-16-20-8-6-5-7-19(20)15-22(23)30(27)37/h5-17,31-32,38H,1-4H3/b14-11+. The van der Waals surface area contributed by atoms with Crippen LogP contribution in [0.5, 0.6) is 11.5 Å². The van der Waals surface area contributed by atoms with E-state index in [1.54, 1.807) is 27.0 Å². The summed E-state index contributed by atoms with van der Waals surface area (Å²) in [6.07, 6.45) is 0.143. The van der Waals surface area contributed by atoms with E-state index in [2.05, 4.69) is 0 Å². The van der Waals surface area contributed by atoms with Gasteiger partial charge in [-0.05, 0) is 60.5 Å². The van der Waals surface area contributed by atoms with E-state index in [9.17, 15) is 24.8 Å². The normalized spacial score (nSPS) is 17.6. The van der Waals surface area contributed by atoms with Gasteiger partial charge in [-0.2, -0.15) is 0 Å². The molecule has 218 valence electrons. The van der Waals surface area contributed by atoms with Crippen LogP contribution in [0.4, 0.5) is 5.69 Å². The Bertz CT molecular complexity index is 2040. The fraction of sp³-hybridized carbons (Fsp3) is 0.212. The average Bonchev–Trinajstić information content (AvgIpc) is 2.99. The van der Waals surface area contributed by atoms with Crippen molar-refractivity contribution in [1.29, 1.82) is 0 Å². The topological polar surface area (TPSA) is 130 Å². The molecule has 10 heteroatoms. The van der Waals surface area contributed by atoms with Gasteiger partial charge in [-0.25, -0.2) is 4.79 Å². The molecule has 4 aromatic carbocycles. The largest absolute Gasteiger partial charge is 0.496 e. The van der Waals surface area contributed by atoms with Crippen molar-refractivity contribution < 1.29 is 29.0 Å². The summed E-state index contributed by atoms with van der Waals surface area (Å²) in [6, 6.07) is 18.8. The van der Waals surface area contributed by atoms with Crippen molar-refractivity contribution in [3.05, 3.63) is 104 Å². The van der Waals surface area contributed by atoms with Crippen molar-refractivity contribution in [2.75, 3.05) is 7.11 Å². The predicted octanol–water partition coefficient (Wildman–Crippen LogP) is 5.59. The number of nitro groups is 1. The number of ether oxygens (including phenoxy) is 3. The Hall–Kier alpha value is -5.22. The summed E-state index contributed by atoms with van der Waals surface area (Å²) < 4.78 is 19.5. The van der Waals surface area contributed by atoms with Crippen LogP contribution in [0.1, 0.15) is 31.1 Å². The van der Waals surface area contributed by atoms with E-state index >= 15 is 0 Å². The Morgan fingerprint density at radius 1 is 1.09 bits per heavy atom. The maximum Gasteiger partial charge on any atom is 0.331 e. The molecule has 2 atom stereocenters. The van der Waals surface area contributed by atoms with E-state index in [1.807, 2.05) is 41.0 Å². The van der Waals surface area contributed by atoms with Gasteiger partial charge >= 0.3 is 5.97 Å². The lowest BCUT2D eigenvalue weighted by Crippen LogP contribution is -2.51. The van der Waals surface area contributed by atoms with Gasteiger partial charge in [-0.1, -0.05) is 24.3 Å². The molecular formula is C33H28N2O8. The number of aliphatic hydroxyl groups is 1. The summed E-state index contributed by atoms with van der Waals surface area (Å²) in [5, 5.41) is 25.3. The fourth-order valence-electron chi connectivity index (χ4n) is 5.79. The number of fused-ring (bicyclic) bond motifs is 5. The van der Waals surface area contributed by atoms with Crippen molar-refractivity contribution in [1.82, 2.24) is 4.57 Å². The minimum atomic E-state index is -1.35. The van der Waals surface area contributed by atoms with Crippen LogP contribution in [0.25, 0.3) is 38.7 Å². The summed E-state index contributed by atoms with van der Waals surface area (Å²) in [5.41, 5.74) is 0.443. The second-order valence-corrected chi connectivity index (χ2v) is 11.0. The van der Waals surface area contributed by atoms with E-state index in [0.717, 1.165) is 10.8 Å². The molecular weight excluding hydrogens is 552 g/mol. The van der Waals surface area contributed by atoms with E-state index in [1.165, 1.54) is 43.5 Å². The minimum Gasteiger partial charge on any atom is -0.496 e. The van der Waals surface area contributed by atoms with Crippen LogP contribution in [0.15, 0.2) is 77.6 Å². The molecule has 0 bridgehead atoms. The number of non-ortho nitro benzene ring substituents is 1. The van der Waals surface area contributed by atoms with Crippen LogP contribution >= 0.6 is 0 Å². The molecule has 0 fully saturated rings. The van der Waals surface area contributed by atoms with E-state index < -0.39 is 28.7 Å². The SMILES string of the molecule is COc1cc2c(c3c1c(=O)c1cc4ccccc4cc1n3C)C(O)C(OC(=O)/C=C/c1ccc([N+](=O)[O-])cc1)C(C)(C)O2. The summed E-state index contributed by atoms with van der Waals surface area (Å²) >= 11 is 0. The van der Waals surface area contributed by atoms with Gasteiger partial charge in [-0.15, -0.1) is 0 Å². The average molecular weight is 581 g/mol. The van der Waals surface area contributed by atoms with Gasteiger partial charge in [0, 0.05) is 36.7 Å². The second kappa shape index (κ2) is 10.2. The van der Waals surface area contributed by atoms with Gasteiger partial charge in [-0.3, -0.25) is 14.9 Å². The molecule has 0 saturated carbocycles. The van der Waals surface area contributed by atoms with Gasteiger partial charge < -0.3 is 23.9 Å². The quantitative estimate of drug-likeness (QED) is 0.0936. The van der Waals surface area contributed by atoms with Crippen molar-refractivity contribution in [2.45, 2.75) is 31.7 Å². The maximum absolute atomic E-state index is 14.0. The molecule has 6 rings (SSSR count). The zero-order valence-corrected chi connectivity index (χ0v) is 23.9. The number of nitro benzene ring substituents is 1. The number of aliphatic hydroxyl groups excluding tert-OH is 1. The smallest absolute Gasteiger partial charge is 0.331 e. The first-order chi connectivity index (χ1) is 20.5. The Kier molecular flexibility index (Phi) is 6.66. The van der Waals surface area contributed by atoms with Crippen LogP contribution in [0.3, 0.4) is 0 Å². The number of carbonyl (C=O) groups excluding carboxylic acids is 1. The van der Waals surface area contributed by atoms with Crippen molar-refractivity contribution in [2.24, 2.45) is 7.05 Å². The second-order valence-electron chi connectivity index (χ2n) is 11.0. The van der Waals surface area contributed by atoms with Gasteiger partial charge in [0.25, 0.3) is 5.69 Å². The molecule has 0 radical (unpaired) electrons. The highest BCUT2D eigenvalue weighted by molar-refractivity contribution is 6.04. The molecule has 2 heterocycles. The molecule has 2 unspecified atom stereocenters. The first kappa shape index (κ1) is 27.9. The number of benzene rings is 4. The lowest BCUT2D eigenvalue weighted by molar-refractivity contribution is -0.384. The number of hydrogen-bond donors (Lipinski definition) is 1. The van der Waals surface area contributed by atoms with Gasteiger partial charge in [0.2, 0.25) is 5.43 Å². The van der Waals surface area contributed by atoms with Gasteiger partial charge in [0.15, 0.2) is 6.10 Å². The minimum absolute atomic E-state index is 0.0677. The number of hydrogen-bond acceptors (Lipinski definition) is 8. The highest BCUT2D eigenvalue weighted by atomic mass is 16.6. The molecule has 1 aliphatic heterocycles. The Balaban J connectivity index is 1.45. The lowest BCUT2D eigenvalue weighted by atomic mass is 9.86. The molecule has 0 saturated heterocycles. The number of pyridine rings is 1. The van der Waals surface area contributed by atoms with Crippen LogP contribution < -0.4 is 14.9 Å². The number of rotatable bonds is 5. The molecule has 1 aromatic heterocycles. The predicted molar refractivity (Wildman–Crippen MR) is 162 cm³/mol. The van der Waals surface area contributed by atoms with Crippen LogP contribution in [-0.2, 0) is 16.6 Å². The Labute approximate surface area is 245 Å². The van der Waals surface area contributed by atoms with Crippen LogP contribution in [0, 0.1) is 10.1 Å². The summed E-state index contributed by atoms with van der Waals surface area (Å²) in [6.45, 7) is 3.39. The first-order valence-electron chi connectivity index (χ1n) is 13.6. The molecule has 0 amide bonds. The molecule has 0 aliphatic carbocycles. The molecule has 1 aliphatic rings. The van der Waals surface area contributed by atoms with Crippen molar-refractivity contribution >= 4 is 50.3 Å². The monoisotopic (exact) mass is 580 g/mol. The fourth-order valence-corrected chi connectivity index (χ4v) is 5.79. The van der Waals surface area contributed by atoms with Gasteiger partial charge in [0.05, 0.1) is 34.0 Å². The lowest BCUT2D eigenvalue weighted by Gasteiger charge is -2.42. The molecule has 10 nitrogen and oxygen atoms in total. The van der Waals surface area contributed by atoms with Crippen molar-refractivity contribution in [3.8, 4) is 11.5 Å². The number of nitrogens with zero attached hydrogens (tertiary/aromatic N) is 2. The summed E-state index contributed by atoms with van der Waals surface area (Å²) in [7, 11) is 3.27. The number of methoxy groups -OCH3 is 1. The van der Waals surface area contributed by atoms with E-state index in [-0.39, 0.29) is 16.5 Å². The zero-order valence-electron chi connectivity index (χ0n) is 23.9.